The molecule has 0 fully saturated rings. The Balaban J connectivity index is 0.000000686. The molecule has 3 heteroatoms. The van der Waals surface area contributed by atoms with E-state index in [9.17, 15) is 0 Å². The third kappa shape index (κ3) is 3.41. The molecule has 0 saturated carbocycles. The van der Waals surface area contributed by atoms with E-state index in [2.05, 4.69) is 30.0 Å². The number of rotatable bonds is 2. The van der Waals surface area contributed by atoms with Gasteiger partial charge >= 0.3 is 0 Å². The smallest absolute Gasteiger partial charge is 0.153 e. The molecule has 2 aromatic heterocycles. The topological polar surface area (TPSA) is 30.7 Å². The molecule has 3 nitrogen and oxygen atoms in total. The van der Waals surface area contributed by atoms with Gasteiger partial charge in [0.1, 0.15) is 0 Å². The van der Waals surface area contributed by atoms with Crippen molar-refractivity contribution >= 4 is 0 Å². The minimum Gasteiger partial charge on any atom is -0.237 e. The van der Waals surface area contributed by atoms with Crippen LogP contribution in [0.2, 0.25) is 0 Å². The van der Waals surface area contributed by atoms with Crippen LogP contribution in [0.1, 0.15) is 44.9 Å². The van der Waals surface area contributed by atoms with Crippen molar-refractivity contribution in [3.63, 3.8) is 0 Å². The van der Waals surface area contributed by atoms with Crippen LogP contribution in [0, 0.1) is 6.92 Å². The highest BCUT2D eigenvalue weighted by Gasteiger charge is 2.02. The zero-order valence-electron chi connectivity index (χ0n) is 11.3. The normalized spacial score (nSPS) is 10.0. The average molecular weight is 231 g/mol. The molecule has 92 valence electrons. The van der Waals surface area contributed by atoms with Gasteiger partial charge in [-0.25, -0.2) is 9.67 Å². The van der Waals surface area contributed by atoms with Crippen LogP contribution in [0.3, 0.4) is 0 Å². The first-order chi connectivity index (χ1) is 8.16. The SMILES string of the molecule is CC.Cc1ccn(-c2ccc(C(C)C)cn2)n1. The highest BCUT2D eigenvalue weighted by molar-refractivity contribution is 5.26. The lowest BCUT2D eigenvalue weighted by Crippen LogP contribution is -1.99. The molecule has 0 amide bonds. The van der Waals surface area contributed by atoms with Gasteiger partial charge in [0.25, 0.3) is 0 Å². The molecule has 0 aliphatic carbocycles. The fourth-order valence-corrected chi connectivity index (χ4v) is 1.42. The summed E-state index contributed by atoms with van der Waals surface area (Å²) in [6.45, 7) is 10.3. The highest BCUT2D eigenvalue weighted by Crippen LogP contribution is 2.14. The maximum Gasteiger partial charge on any atom is 0.153 e. The van der Waals surface area contributed by atoms with Crippen LogP contribution >= 0.6 is 0 Å². The predicted molar refractivity (Wildman–Crippen MR) is 71.5 cm³/mol. The van der Waals surface area contributed by atoms with E-state index >= 15 is 0 Å². The van der Waals surface area contributed by atoms with Crippen molar-refractivity contribution in [2.75, 3.05) is 0 Å². The fraction of sp³-hybridized carbons (Fsp3) is 0.429. The zero-order chi connectivity index (χ0) is 12.8. The van der Waals surface area contributed by atoms with E-state index in [4.69, 9.17) is 0 Å². The van der Waals surface area contributed by atoms with Crippen molar-refractivity contribution in [3.05, 3.63) is 41.9 Å². The largest absolute Gasteiger partial charge is 0.237 e. The molecule has 2 rings (SSSR count). The number of hydrogen-bond acceptors (Lipinski definition) is 2. The minimum atomic E-state index is 0.519. The van der Waals surface area contributed by atoms with Crippen molar-refractivity contribution in [2.45, 2.75) is 40.5 Å². The van der Waals surface area contributed by atoms with E-state index in [0.29, 0.717) is 5.92 Å². The van der Waals surface area contributed by atoms with Gasteiger partial charge in [-0.15, -0.1) is 0 Å². The van der Waals surface area contributed by atoms with E-state index in [1.807, 2.05) is 45.3 Å². The Labute approximate surface area is 104 Å². The molecule has 2 heterocycles. The van der Waals surface area contributed by atoms with Crippen LogP contribution in [0.4, 0.5) is 0 Å². The quantitative estimate of drug-likeness (QED) is 0.788. The van der Waals surface area contributed by atoms with Gasteiger partial charge in [-0.3, -0.25) is 0 Å². The number of pyridine rings is 1. The summed E-state index contributed by atoms with van der Waals surface area (Å²) < 4.78 is 1.79. The molecular formula is C14H21N3. The summed E-state index contributed by atoms with van der Waals surface area (Å²) in [5, 5.41) is 4.31. The Morgan fingerprint density at radius 2 is 1.82 bits per heavy atom. The van der Waals surface area contributed by atoms with Crippen LogP contribution in [0.15, 0.2) is 30.6 Å². The zero-order valence-corrected chi connectivity index (χ0v) is 11.3. The molecule has 0 atom stereocenters. The van der Waals surface area contributed by atoms with Crippen molar-refractivity contribution in [3.8, 4) is 5.82 Å². The molecule has 0 aliphatic heterocycles. The van der Waals surface area contributed by atoms with Gasteiger partial charge in [0, 0.05) is 12.4 Å². The van der Waals surface area contributed by atoms with Gasteiger partial charge in [0.05, 0.1) is 5.69 Å². The molecule has 0 N–H and O–H groups in total. The number of hydrogen-bond donors (Lipinski definition) is 0. The lowest BCUT2D eigenvalue weighted by molar-refractivity contribution is 0.814. The number of nitrogens with zero attached hydrogens (tertiary/aromatic N) is 3. The van der Waals surface area contributed by atoms with E-state index in [1.54, 1.807) is 4.68 Å². The van der Waals surface area contributed by atoms with E-state index in [1.165, 1.54) is 5.56 Å². The average Bonchev–Trinajstić information content (AvgIpc) is 2.79. The summed E-state index contributed by atoms with van der Waals surface area (Å²) in [5.41, 5.74) is 2.26. The van der Waals surface area contributed by atoms with E-state index < -0.39 is 0 Å². The third-order valence-electron chi connectivity index (χ3n) is 2.39. The number of aryl methyl sites for hydroxylation is 1. The van der Waals surface area contributed by atoms with Gasteiger partial charge in [0.2, 0.25) is 0 Å². The standard InChI is InChI=1S/C12H15N3.C2H6/c1-9(2)11-4-5-12(13-8-11)15-7-6-10(3)14-15;1-2/h4-9H,1-3H3;1-2H3. The summed E-state index contributed by atoms with van der Waals surface area (Å²) in [4.78, 5) is 4.38. The lowest BCUT2D eigenvalue weighted by atomic mass is 10.1. The molecule has 0 radical (unpaired) electrons. The first-order valence-electron chi connectivity index (χ1n) is 6.15. The second-order valence-electron chi connectivity index (χ2n) is 4.01. The van der Waals surface area contributed by atoms with Gasteiger partial charge in [-0.2, -0.15) is 5.10 Å². The third-order valence-corrected chi connectivity index (χ3v) is 2.39. The summed E-state index contributed by atoms with van der Waals surface area (Å²) in [6, 6.07) is 6.07. The Morgan fingerprint density at radius 3 is 2.24 bits per heavy atom. The predicted octanol–water partition coefficient (Wildman–Crippen LogP) is 3.73. The fourth-order valence-electron chi connectivity index (χ4n) is 1.42. The van der Waals surface area contributed by atoms with Crippen molar-refractivity contribution < 1.29 is 0 Å². The summed E-state index contributed by atoms with van der Waals surface area (Å²) in [6.07, 6.45) is 3.84. The molecule has 0 bridgehead atoms. The molecule has 0 aromatic carbocycles. The summed E-state index contributed by atoms with van der Waals surface area (Å²) in [7, 11) is 0. The molecule has 0 spiro atoms. The van der Waals surface area contributed by atoms with Crippen LogP contribution in [0.25, 0.3) is 5.82 Å². The van der Waals surface area contributed by atoms with Crippen LogP contribution in [-0.4, -0.2) is 14.8 Å². The Bertz CT molecular complexity index is 441. The molecule has 2 aromatic rings. The highest BCUT2D eigenvalue weighted by atomic mass is 15.3. The van der Waals surface area contributed by atoms with Crippen molar-refractivity contribution in [2.24, 2.45) is 0 Å². The lowest BCUT2D eigenvalue weighted by Gasteiger charge is -2.05. The molecule has 0 aliphatic rings. The van der Waals surface area contributed by atoms with Crippen LogP contribution < -0.4 is 0 Å². The number of aromatic nitrogens is 3. The Morgan fingerprint density at radius 1 is 1.12 bits per heavy atom. The monoisotopic (exact) mass is 231 g/mol. The van der Waals surface area contributed by atoms with Crippen molar-refractivity contribution in [1.29, 1.82) is 0 Å². The van der Waals surface area contributed by atoms with Gasteiger partial charge < -0.3 is 0 Å². The summed E-state index contributed by atoms with van der Waals surface area (Å²) >= 11 is 0. The molecule has 17 heavy (non-hydrogen) atoms. The van der Waals surface area contributed by atoms with Crippen molar-refractivity contribution in [1.82, 2.24) is 14.8 Å². The van der Waals surface area contributed by atoms with E-state index in [-0.39, 0.29) is 0 Å². The molecule has 0 saturated heterocycles. The Kier molecular flexibility index (Phi) is 4.88. The molecule has 0 unspecified atom stereocenters. The first-order valence-corrected chi connectivity index (χ1v) is 6.15. The second kappa shape index (κ2) is 6.18. The van der Waals surface area contributed by atoms with Gasteiger partial charge in [-0.05, 0) is 30.5 Å². The first kappa shape index (κ1) is 13.4. The van der Waals surface area contributed by atoms with Crippen LogP contribution in [-0.2, 0) is 0 Å². The van der Waals surface area contributed by atoms with Gasteiger partial charge in [-0.1, -0.05) is 33.8 Å². The Hall–Kier alpha value is -1.64. The molecular weight excluding hydrogens is 210 g/mol. The van der Waals surface area contributed by atoms with Crippen LogP contribution in [0.5, 0.6) is 0 Å². The summed E-state index contributed by atoms with van der Waals surface area (Å²) in [5.74, 6) is 1.39. The maximum absolute atomic E-state index is 4.38. The van der Waals surface area contributed by atoms with Gasteiger partial charge in [0.15, 0.2) is 5.82 Å². The minimum absolute atomic E-state index is 0.519. The second-order valence-corrected chi connectivity index (χ2v) is 4.01. The van der Waals surface area contributed by atoms with E-state index in [0.717, 1.165) is 11.5 Å². The maximum atomic E-state index is 4.38.